The molecule has 2 rings (SSSR count). The summed E-state index contributed by atoms with van der Waals surface area (Å²) in [4.78, 5) is 49.5. The Kier molecular flexibility index (Phi) is 8.37. The molecule has 36 heavy (non-hydrogen) atoms. The number of amides is 4. The van der Waals surface area contributed by atoms with Crippen molar-refractivity contribution in [2.45, 2.75) is 103 Å². The third kappa shape index (κ3) is 8.02. The standard InChI is InChI=1S/C23H35F5N4O4/c1-11(7-12-9-21(5,6)32-16(12)33)29-17(34)14(8-13-10-22(13,24)25)30-18(35)15(20(2,3)4)31-19(36)23(26,27)28/h11-15H,7-10H2,1-6H3,(H,29,34)(H,30,35)(H,31,36)(H,32,33)/t11-,12-,13?,14+,15-/m1/s1. The highest BCUT2D eigenvalue weighted by atomic mass is 19.4. The average Bonchev–Trinajstić information content (AvgIpc) is 3.17. The van der Waals surface area contributed by atoms with Gasteiger partial charge in [0.05, 0.1) is 0 Å². The maximum atomic E-state index is 13.6. The first-order chi connectivity index (χ1) is 16.1. The van der Waals surface area contributed by atoms with Gasteiger partial charge in [0, 0.05) is 29.8 Å². The minimum absolute atomic E-state index is 0.169. The van der Waals surface area contributed by atoms with Gasteiger partial charge in [0.1, 0.15) is 12.1 Å². The molecular weight excluding hydrogens is 491 g/mol. The Labute approximate surface area is 206 Å². The Morgan fingerprint density at radius 2 is 1.56 bits per heavy atom. The molecule has 8 nitrogen and oxygen atoms in total. The molecule has 2 aliphatic rings. The maximum Gasteiger partial charge on any atom is 0.471 e. The van der Waals surface area contributed by atoms with Crippen molar-refractivity contribution in [2.75, 3.05) is 0 Å². The molecule has 0 aromatic heterocycles. The van der Waals surface area contributed by atoms with Gasteiger partial charge in [0.25, 0.3) is 5.92 Å². The van der Waals surface area contributed by atoms with Crippen LogP contribution in [-0.2, 0) is 19.2 Å². The predicted octanol–water partition coefficient (Wildman–Crippen LogP) is 2.42. The summed E-state index contributed by atoms with van der Waals surface area (Å²) in [6.45, 7) is 9.58. The molecule has 0 spiro atoms. The molecule has 0 aromatic carbocycles. The van der Waals surface area contributed by atoms with E-state index in [4.69, 9.17) is 0 Å². The maximum absolute atomic E-state index is 13.6. The quantitative estimate of drug-likeness (QED) is 0.346. The molecule has 206 valence electrons. The lowest BCUT2D eigenvalue weighted by Crippen LogP contribution is -2.59. The fourth-order valence-corrected chi connectivity index (χ4v) is 4.40. The Balaban J connectivity index is 2.12. The van der Waals surface area contributed by atoms with Gasteiger partial charge >= 0.3 is 12.1 Å². The summed E-state index contributed by atoms with van der Waals surface area (Å²) in [6.07, 6.45) is -5.35. The number of hydrogen-bond donors (Lipinski definition) is 4. The molecule has 0 radical (unpaired) electrons. The normalized spacial score (nSPS) is 25.2. The number of rotatable bonds is 9. The topological polar surface area (TPSA) is 116 Å². The zero-order valence-corrected chi connectivity index (χ0v) is 21.2. The molecule has 1 aliphatic heterocycles. The summed E-state index contributed by atoms with van der Waals surface area (Å²) in [5.41, 5.74) is -1.59. The molecule has 13 heteroatoms. The molecular formula is C23H35F5N4O4. The third-order valence-corrected chi connectivity index (χ3v) is 6.39. The summed E-state index contributed by atoms with van der Waals surface area (Å²) in [6, 6.07) is -3.71. The van der Waals surface area contributed by atoms with Crippen molar-refractivity contribution in [1.82, 2.24) is 21.3 Å². The van der Waals surface area contributed by atoms with E-state index < -0.39 is 77.7 Å². The van der Waals surface area contributed by atoms with E-state index in [0.29, 0.717) is 6.42 Å². The zero-order valence-electron chi connectivity index (χ0n) is 21.2. The molecule has 1 heterocycles. The van der Waals surface area contributed by atoms with E-state index in [1.54, 1.807) is 12.2 Å². The van der Waals surface area contributed by atoms with E-state index in [0.717, 1.165) is 0 Å². The van der Waals surface area contributed by atoms with Crippen molar-refractivity contribution in [1.29, 1.82) is 0 Å². The van der Waals surface area contributed by atoms with Gasteiger partial charge in [-0.05, 0) is 45.4 Å². The molecule has 1 unspecified atom stereocenters. The lowest BCUT2D eigenvalue weighted by atomic mass is 9.85. The van der Waals surface area contributed by atoms with E-state index in [1.807, 2.05) is 13.8 Å². The number of hydrogen-bond acceptors (Lipinski definition) is 4. The van der Waals surface area contributed by atoms with E-state index in [1.165, 1.54) is 20.8 Å². The van der Waals surface area contributed by atoms with Gasteiger partial charge in [-0.25, -0.2) is 8.78 Å². The molecule has 4 amide bonds. The summed E-state index contributed by atoms with van der Waals surface area (Å²) < 4.78 is 65.5. The second-order valence-corrected chi connectivity index (χ2v) is 11.6. The summed E-state index contributed by atoms with van der Waals surface area (Å²) >= 11 is 0. The minimum atomic E-state index is -5.24. The van der Waals surface area contributed by atoms with Crippen LogP contribution in [0.4, 0.5) is 22.0 Å². The highest BCUT2D eigenvalue weighted by Gasteiger charge is 2.58. The van der Waals surface area contributed by atoms with Crippen LogP contribution in [0.25, 0.3) is 0 Å². The molecule has 1 saturated carbocycles. The largest absolute Gasteiger partial charge is 0.471 e. The van der Waals surface area contributed by atoms with Crippen LogP contribution in [0.1, 0.15) is 67.2 Å². The fraction of sp³-hybridized carbons (Fsp3) is 0.826. The zero-order chi connectivity index (χ0) is 27.9. The van der Waals surface area contributed by atoms with Gasteiger partial charge < -0.3 is 21.3 Å². The smallest absolute Gasteiger partial charge is 0.352 e. The van der Waals surface area contributed by atoms with Crippen molar-refractivity contribution >= 4 is 23.6 Å². The second-order valence-electron chi connectivity index (χ2n) is 11.6. The number of alkyl halides is 5. The van der Waals surface area contributed by atoms with E-state index in [-0.39, 0.29) is 18.2 Å². The van der Waals surface area contributed by atoms with Crippen molar-refractivity contribution in [3.63, 3.8) is 0 Å². The second kappa shape index (κ2) is 10.1. The van der Waals surface area contributed by atoms with Gasteiger partial charge in [-0.15, -0.1) is 0 Å². The number of nitrogens with one attached hydrogen (secondary N) is 4. The van der Waals surface area contributed by atoms with Crippen LogP contribution in [0.5, 0.6) is 0 Å². The van der Waals surface area contributed by atoms with Crippen LogP contribution in [0.15, 0.2) is 0 Å². The van der Waals surface area contributed by atoms with Crippen LogP contribution < -0.4 is 21.3 Å². The van der Waals surface area contributed by atoms with Crippen molar-refractivity contribution in [3.05, 3.63) is 0 Å². The Hall–Kier alpha value is -2.47. The average molecular weight is 527 g/mol. The highest BCUT2D eigenvalue weighted by molar-refractivity contribution is 5.93. The Morgan fingerprint density at radius 1 is 1.00 bits per heavy atom. The minimum Gasteiger partial charge on any atom is -0.352 e. The van der Waals surface area contributed by atoms with Gasteiger partial charge in [0.2, 0.25) is 17.7 Å². The molecule has 4 N–H and O–H groups in total. The van der Waals surface area contributed by atoms with Crippen LogP contribution in [0.2, 0.25) is 0 Å². The first-order valence-corrected chi connectivity index (χ1v) is 11.8. The lowest BCUT2D eigenvalue weighted by molar-refractivity contribution is -0.175. The third-order valence-electron chi connectivity index (χ3n) is 6.39. The predicted molar refractivity (Wildman–Crippen MR) is 120 cm³/mol. The molecule has 0 bridgehead atoms. The van der Waals surface area contributed by atoms with Crippen LogP contribution in [0.3, 0.4) is 0 Å². The van der Waals surface area contributed by atoms with Crippen LogP contribution in [0, 0.1) is 17.3 Å². The fourth-order valence-electron chi connectivity index (χ4n) is 4.40. The van der Waals surface area contributed by atoms with Gasteiger partial charge in [0.15, 0.2) is 0 Å². The van der Waals surface area contributed by atoms with Crippen LogP contribution >= 0.6 is 0 Å². The van der Waals surface area contributed by atoms with E-state index in [9.17, 15) is 41.1 Å². The summed E-state index contributed by atoms with van der Waals surface area (Å²) in [7, 11) is 0. The lowest BCUT2D eigenvalue weighted by Gasteiger charge is -2.32. The summed E-state index contributed by atoms with van der Waals surface area (Å²) in [5, 5.41) is 9.35. The first-order valence-electron chi connectivity index (χ1n) is 11.8. The Morgan fingerprint density at radius 3 is 1.97 bits per heavy atom. The van der Waals surface area contributed by atoms with Crippen molar-refractivity contribution in [3.8, 4) is 0 Å². The Bertz CT molecular complexity index is 885. The van der Waals surface area contributed by atoms with Crippen molar-refractivity contribution in [2.24, 2.45) is 17.3 Å². The first kappa shape index (κ1) is 29.8. The SMILES string of the molecule is C[C@H](C[C@@H]1CC(C)(C)NC1=O)NC(=O)[C@H](CC1CC1(F)F)NC(=O)[C@@H](NC(=O)C(F)(F)F)C(C)(C)C. The molecule has 0 aromatic rings. The number of carbonyl (C=O) groups is 4. The molecule has 5 atom stereocenters. The van der Waals surface area contributed by atoms with Crippen molar-refractivity contribution < 1.29 is 41.1 Å². The van der Waals surface area contributed by atoms with E-state index >= 15 is 0 Å². The molecule has 1 aliphatic carbocycles. The summed E-state index contributed by atoms with van der Waals surface area (Å²) in [5.74, 6) is -8.96. The monoisotopic (exact) mass is 526 g/mol. The number of carbonyl (C=O) groups excluding carboxylic acids is 4. The van der Waals surface area contributed by atoms with Crippen LogP contribution in [-0.4, -0.2) is 59.4 Å². The number of halogens is 5. The molecule has 1 saturated heterocycles. The van der Waals surface area contributed by atoms with Gasteiger partial charge in [-0.3, -0.25) is 19.2 Å². The van der Waals surface area contributed by atoms with Gasteiger partial charge in [-0.1, -0.05) is 20.8 Å². The van der Waals surface area contributed by atoms with E-state index in [2.05, 4.69) is 16.0 Å². The highest BCUT2D eigenvalue weighted by Crippen LogP contribution is 2.51. The van der Waals surface area contributed by atoms with Gasteiger partial charge in [-0.2, -0.15) is 13.2 Å². The molecule has 2 fully saturated rings.